The molecule has 0 bridgehead atoms. The first-order chi connectivity index (χ1) is 6.15. The fourth-order valence-corrected chi connectivity index (χ4v) is 1.41. The SMILES string of the molecule is CC[C@H]([NH3+])c1cccc(C(C)C)c1. The van der Waals surface area contributed by atoms with E-state index < -0.39 is 0 Å². The highest BCUT2D eigenvalue weighted by atomic mass is 14.6. The zero-order chi connectivity index (χ0) is 9.84. The van der Waals surface area contributed by atoms with Crippen molar-refractivity contribution in [1.29, 1.82) is 0 Å². The van der Waals surface area contributed by atoms with Gasteiger partial charge >= 0.3 is 0 Å². The molecular formula is C12H20N+. The summed E-state index contributed by atoms with van der Waals surface area (Å²) in [6.45, 7) is 6.63. The van der Waals surface area contributed by atoms with Crippen LogP contribution in [0.2, 0.25) is 0 Å². The Labute approximate surface area is 81.0 Å². The van der Waals surface area contributed by atoms with Gasteiger partial charge in [0.15, 0.2) is 0 Å². The summed E-state index contributed by atoms with van der Waals surface area (Å²) in [6.07, 6.45) is 1.11. The Morgan fingerprint density at radius 1 is 1.23 bits per heavy atom. The predicted molar refractivity (Wildman–Crippen MR) is 56.5 cm³/mol. The molecule has 1 rings (SSSR count). The third kappa shape index (κ3) is 2.56. The van der Waals surface area contributed by atoms with Crippen LogP contribution in [0.15, 0.2) is 24.3 Å². The Balaban J connectivity index is 2.91. The highest BCUT2D eigenvalue weighted by molar-refractivity contribution is 5.26. The number of quaternary nitrogens is 1. The van der Waals surface area contributed by atoms with Gasteiger partial charge in [-0.05, 0) is 17.5 Å². The first-order valence-electron chi connectivity index (χ1n) is 5.08. The molecule has 72 valence electrons. The Morgan fingerprint density at radius 3 is 2.38 bits per heavy atom. The molecule has 0 aliphatic heterocycles. The van der Waals surface area contributed by atoms with E-state index in [0.717, 1.165) is 6.42 Å². The van der Waals surface area contributed by atoms with E-state index in [4.69, 9.17) is 0 Å². The van der Waals surface area contributed by atoms with Crippen molar-refractivity contribution >= 4 is 0 Å². The molecular weight excluding hydrogens is 158 g/mol. The quantitative estimate of drug-likeness (QED) is 0.736. The minimum atomic E-state index is 0.443. The standard InChI is InChI=1S/C12H19N/c1-4-12(13)11-7-5-6-10(8-11)9(2)3/h5-9,12H,4,13H2,1-3H3/p+1/t12-/m0/s1. The zero-order valence-electron chi connectivity index (χ0n) is 8.88. The summed E-state index contributed by atoms with van der Waals surface area (Å²) in [4.78, 5) is 0. The van der Waals surface area contributed by atoms with Crippen LogP contribution in [0.3, 0.4) is 0 Å². The molecule has 0 unspecified atom stereocenters. The second kappa shape index (κ2) is 4.43. The van der Waals surface area contributed by atoms with Gasteiger partial charge in [0.1, 0.15) is 6.04 Å². The second-order valence-electron chi connectivity index (χ2n) is 3.93. The molecule has 1 nitrogen and oxygen atoms in total. The zero-order valence-corrected chi connectivity index (χ0v) is 8.88. The van der Waals surface area contributed by atoms with E-state index in [1.165, 1.54) is 11.1 Å². The lowest BCUT2D eigenvalue weighted by atomic mass is 9.97. The molecule has 0 aliphatic rings. The number of rotatable bonds is 3. The average molecular weight is 178 g/mol. The van der Waals surface area contributed by atoms with Gasteiger partial charge < -0.3 is 5.73 Å². The fraction of sp³-hybridized carbons (Fsp3) is 0.500. The smallest absolute Gasteiger partial charge is 0.110 e. The minimum absolute atomic E-state index is 0.443. The van der Waals surface area contributed by atoms with Gasteiger partial charge in [-0.25, -0.2) is 0 Å². The van der Waals surface area contributed by atoms with Gasteiger partial charge in [0.25, 0.3) is 0 Å². The number of hydrogen-bond donors (Lipinski definition) is 1. The Morgan fingerprint density at radius 2 is 1.85 bits per heavy atom. The van der Waals surface area contributed by atoms with Crippen LogP contribution in [0, 0.1) is 0 Å². The van der Waals surface area contributed by atoms with Gasteiger partial charge in [0.05, 0.1) is 0 Å². The van der Waals surface area contributed by atoms with Crippen LogP contribution in [-0.2, 0) is 0 Å². The lowest BCUT2D eigenvalue weighted by Gasteiger charge is -2.10. The maximum atomic E-state index is 4.13. The molecule has 1 heteroatoms. The Kier molecular flexibility index (Phi) is 3.49. The van der Waals surface area contributed by atoms with Crippen molar-refractivity contribution in [2.75, 3.05) is 0 Å². The van der Waals surface area contributed by atoms with Crippen molar-refractivity contribution in [2.24, 2.45) is 0 Å². The molecule has 0 saturated carbocycles. The van der Waals surface area contributed by atoms with Gasteiger partial charge in [-0.15, -0.1) is 0 Å². The summed E-state index contributed by atoms with van der Waals surface area (Å²) in [5, 5.41) is 0. The fourth-order valence-electron chi connectivity index (χ4n) is 1.41. The van der Waals surface area contributed by atoms with Crippen LogP contribution in [0.25, 0.3) is 0 Å². The average Bonchev–Trinajstić information content (AvgIpc) is 2.17. The summed E-state index contributed by atoms with van der Waals surface area (Å²) in [5.74, 6) is 0.615. The van der Waals surface area contributed by atoms with Gasteiger partial charge in [-0.3, -0.25) is 0 Å². The number of benzene rings is 1. The van der Waals surface area contributed by atoms with E-state index in [9.17, 15) is 0 Å². The van der Waals surface area contributed by atoms with Gasteiger partial charge in [0.2, 0.25) is 0 Å². The van der Waals surface area contributed by atoms with Crippen LogP contribution in [-0.4, -0.2) is 0 Å². The van der Waals surface area contributed by atoms with E-state index in [0.29, 0.717) is 12.0 Å². The molecule has 0 aromatic heterocycles. The van der Waals surface area contributed by atoms with Gasteiger partial charge in [-0.1, -0.05) is 39.0 Å². The van der Waals surface area contributed by atoms with Crippen molar-refractivity contribution in [1.82, 2.24) is 0 Å². The van der Waals surface area contributed by atoms with E-state index in [-0.39, 0.29) is 0 Å². The third-order valence-corrected chi connectivity index (χ3v) is 2.54. The molecule has 0 aliphatic carbocycles. The van der Waals surface area contributed by atoms with E-state index in [1.54, 1.807) is 0 Å². The summed E-state index contributed by atoms with van der Waals surface area (Å²) < 4.78 is 0. The van der Waals surface area contributed by atoms with Crippen LogP contribution in [0.5, 0.6) is 0 Å². The molecule has 3 N–H and O–H groups in total. The molecule has 0 radical (unpaired) electrons. The monoisotopic (exact) mass is 178 g/mol. The summed E-state index contributed by atoms with van der Waals surface area (Å²) in [7, 11) is 0. The maximum Gasteiger partial charge on any atom is 0.110 e. The predicted octanol–water partition coefficient (Wildman–Crippen LogP) is 2.50. The first kappa shape index (κ1) is 10.3. The number of hydrogen-bond acceptors (Lipinski definition) is 0. The summed E-state index contributed by atoms with van der Waals surface area (Å²) in [5.41, 5.74) is 6.91. The molecule has 0 fully saturated rings. The van der Waals surface area contributed by atoms with Crippen molar-refractivity contribution in [3.05, 3.63) is 35.4 Å². The first-order valence-corrected chi connectivity index (χ1v) is 5.08. The van der Waals surface area contributed by atoms with Crippen molar-refractivity contribution < 1.29 is 5.73 Å². The highest BCUT2D eigenvalue weighted by Crippen LogP contribution is 2.19. The molecule has 1 aromatic carbocycles. The normalized spacial score (nSPS) is 13.3. The Hall–Kier alpha value is -0.820. The minimum Gasteiger partial charge on any atom is -0.351 e. The second-order valence-corrected chi connectivity index (χ2v) is 3.93. The molecule has 1 atom stereocenters. The lowest BCUT2D eigenvalue weighted by molar-refractivity contribution is -0.427. The maximum absolute atomic E-state index is 4.13. The molecule has 1 aromatic rings. The van der Waals surface area contributed by atoms with Crippen molar-refractivity contribution in [2.45, 2.75) is 39.2 Å². The Bertz CT molecular complexity index is 266. The molecule has 0 heterocycles. The topological polar surface area (TPSA) is 27.6 Å². The molecule has 0 spiro atoms. The van der Waals surface area contributed by atoms with E-state index in [1.807, 2.05) is 0 Å². The van der Waals surface area contributed by atoms with Crippen LogP contribution in [0.4, 0.5) is 0 Å². The van der Waals surface area contributed by atoms with E-state index >= 15 is 0 Å². The molecule has 0 saturated heterocycles. The lowest BCUT2D eigenvalue weighted by Crippen LogP contribution is -2.53. The van der Waals surface area contributed by atoms with Gasteiger partial charge in [-0.2, -0.15) is 0 Å². The van der Waals surface area contributed by atoms with Crippen LogP contribution in [0.1, 0.15) is 50.3 Å². The van der Waals surface area contributed by atoms with Crippen molar-refractivity contribution in [3.8, 4) is 0 Å². The van der Waals surface area contributed by atoms with Gasteiger partial charge in [0, 0.05) is 12.0 Å². The largest absolute Gasteiger partial charge is 0.351 e. The van der Waals surface area contributed by atoms with E-state index in [2.05, 4.69) is 50.8 Å². The summed E-state index contributed by atoms with van der Waals surface area (Å²) >= 11 is 0. The van der Waals surface area contributed by atoms with Crippen LogP contribution < -0.4 is 5.73 Å². The molecule has 0 amide bonds. The third-order valence-electron chi connectivity index (χ3n) is 2.54. The van der Waals surface area contributed by atoms with Crippen LogP contribution >= 0.6 is 0 Å². The molecule has 13 heavy (non-hydrogen) atoms. The summed E-state index contributed by atoms with van der Waals surface area (Å²) in [6, 6.07) is 9.23. The highest BCUT2D eigenvalue weighted by Gasteiger charge is 2.07. The van der Waals surface area contributed by atoms with Crippen molar-refractivity contribution in [3.63, 3.8) is 0 Å².